The Morgan fingerprint density at radius 2 is 1.69 bits per heavy atom. The van der Waals surface area contributed by atoms with Crippen molar-refractivity contribution in [3.05, 3.63) is 35.3 Å². The molecule has 7 heteroatoms. The molecule has 1 N–H and O–H groups in total. The lowest BCUT2D eigenvalue weighted by Crippen LogP contribution is -2.46. The minimum Gasteiger partial charge on any atom is -0.497 e. The standard InChI is InChI=1S/C22H30N4O2S/c1-28-19-10-8-18(9-11-19)25-12-14-26(15-13-25)22-24-20(16-29-22)21(27)23-17-6-4-2-3-5-7-17/h8-11,16-17H,2-7,12-15H2,1H3,(H,23,27). The summed E-state index contributed by atoms with van der Waals surface area (Å²) in [5.74, 6) is 0.862. The van der Waals surface area contributed by atoms with Crippen molar-refractivity contribution < 1.29 is 9.53 Å². The summed E-state index contributed by atoms with van der Waals surface area (Å²) in [7, 11) is 1.69. The van der Waals surface area contributed by atoms with E-state index in [1.807, 2.05) is 17.5 Å². The Labute approximate surface area is 176 Å². The molecule has 0 spiro atoms. The van der Waals surface area contributed by atoms with Gasteiger partial charge in [-0.2, -0.15) is 0 Å². The Morgan fingerprint density at radius 1 is 1.03 bits per heavy atom. The summed E-state index contributed by atoms with van der Waals surface area (Å²) in [5.41, 5.74) is 1.78. The van der Waals surface area contributed by atoms with Crippen LogP contribution in [0.3, 0.4) is 0 Å². The van der Waals surface area contributed by atoms with Crippen molar-refractivity contribution in [1.29, 1.82) is 0 Å². The number of amides is 1. The highest BCUT2D eigenvalue weighted by atomic mass is 32.1. The molecule has 156 valence electrons. The number of aromatic nitrogens is 1. The van der Waals surface area contributed by atoms with Crippen molar-refractivity contribution >= 4 is 28.1 Å². The van der Waals surface area contributed by atoms with E-state index in [2.05, 4.69) is 32.2 Å². The third-order valence-electron chi connectivity index (χ3n) is 5.90. The van der Waals surface area contributed by atoms with Crippen LogP contribution in [0.5, 0.6) is 5.75 Å². The monoisotopic (exact) mass is 414 g/mol. The van der Waals surface area contributed by atoms with E-state index in [1.54, 1.807) is 18.4 Å². The molecule has 2 fully saturated rings. The van der Waals surface area contributed by atoms with Crippen LogP contribution in [-0.4, -0.2) is 50.2 Å². The molecule has 4 rings (SSSR count). The van der Waals surface area contributed by atoms with E-state index in [0.29, 0.717) is 11.7 Å². The quantitative estimate of drug-likeness (QED) is 0.751. The van der Waals surface area contributed by atoms with E-state index in [9.17, 15) is 4.79 Å². The van der Waals surface area contributed by atoms with Gasteiger partial charge in [0.05, 0.1) is 7.11 Å². The van der Waals surface area contributed by atoms with Gasteiger partial charge in [-0.1, -0.05) is 25.7 Å². The second kappa shape index (κ2) is 9.48. The predicted molar refractivity (Wildman–Crippen MR) is 118 cm³/mol. The Morgan fingerprint density at radius 3 is 2.34 bits per heavy atom. The lowest BCUT2D eigenvalue weighted by molar-refractivity contribution is 0.0929. The van der Waals surface area contributed by atoms with Crippen LogP contribution in [0.15, 0.2) is 29.6 Å². The van der Waals surface area contributed by atoms with Gasteiger partial charge < -0.3 is 19.9 Å². The molecule has 29 heavy (non-hydrogen) atoms. The maximum Gasteiger partial charge on any atom is 0.271 e. The van der Waals surface area contributed by atoms with Crippen LogP contribution in [0.2, 0.25) is 0 Å². The van der Waals surface area contributed by atoms with Gasteiger partial charge in [-0.05, 0) is 37.1 Å². The molecular formula is C22H30N4O2S. The van der Waals surface area contributed by atoms with E-state index in [4.69, 9.17) is 4.74 Å². The van der Waals surface area contributed by atoms with E-state index in [-0.39, 0.29) is 5.91 Å². The fourth-order valence-electron chi connectivity index (χ4n) is 4.15. The second-order valence-electron chi connectivity index (χ2n) is 7.85. The van der Waals surface area contributed by atoms with Crippen LogP contribution in [0, 0.1) is 0 Å². The van der Waals surface area contributed by atoms with Gasteiger partial charge in [-0.3, -0.25) is 4.79 Å². The number of piperazine rings is 1. The molecule has 0 unspecified atom stereocenters. The lowest BCUT2D eigenvalue weighted by atomic mass is 10.1. The minimum absolute atomic E-state index is 0.0173. The molecule has 0 atom stereocenters. The van der Waals surface area contributed by atoms with Gasteiger partial charge in [0.25, 0.3) is 5.91 Å². The number of rotatable bonds is 5. The fraction of sp³-hybridized carbons (Fsp3) is 0.545. The first-order valence-corrected chi connectivity index (χ1v) is 11.5. The molecule has 1 saturated heterocycles. The number of thiazole rings is 1. The molecule has 0 radical (unpaired) electrons. The van der Waals surface area contributed by atoms with Crippen molar-refractivity contribution in [3.63, 3.8) is 0 Å². The smallest absolute Gasteiger partial charge is 0.271 e. The minimum atomic E-state index is -0.0173. The summed E-state index contributed by atoms with van der Waals surface area (Å²) in [4.78, 5) is 21.9. The van der Waals surface area contributed by atoms with Gasteiger partial charge in [-0.25, -0.2) is 4.98 Å². The molecule has 1 amide bonds. The fourth-order valence-corrected chi connectivity index (χ4v) is 5.01. The third kappa shape index (κ3) is 5.01. The number of nitrogens with zero attached hydrogens (tertiary/aromatic N) is 3. The number of anilines is 2. The normalized spacial score (nSPS) is 18.4. The van der Waals surface area contributed by atoms with Gasteiger partial charge in [0.1, 0.15) is 11.4 Å². The van der Waals surface area contributed by atoms with Crippen LogP contribution in [0.4, 0.5) is 10.8 Å². The van der Waals surface area contributed by atoms with Crippen LogP contribution >= 0.6 is 11.3 Å². The predicted octanol–water partition coefficient (Wildman–Crippen LogP) is 3.93. The molecule has 6 nitrogen and oxygen atoms in total. The number of nitrogens with one attached hydrogen (secondary N) is 1. The average molecular weight is 415 g/mol. The molecule has 1 aliphatic heterocycles. The number of benzene rings is 1. The maximum atomic E-state index is 12.6. The highest BCUT2D eigenvalue weighted by Crippen LogP contribution is 2.25. The third-order valence-corrected chi connectivity index (χ3v) is 6.80. The highest BCUT2D eigenvalue weighted by Gasteiger charge is 2.22. The molecule has 2 aromatic rings. The van der Waals surface area contributed by atoms with Gasteiger partial charge in [0.15, 0.2) is 5.13 Å². The number of hydrogen-bond donors (Lipinski definition) is 1. The van der Waals surface area contributed by atoms with Gasteiger partial charge in [0, 0.05) is 43.3 Å². The Hall–Kier alpha value is -2.28. The molecule has 1 aliphatic carbocycles. The number of carbonyl (C=O) groups is 1. The zero-order valence-corrected chi connectivity index (χ0v) is 17.9. The molecule has 1 aromatic heterocycles. The van der Waals surface area contributed by atoms with Crippen LogP contribution in [0.1, 0.15) is 49.0 Å². The number of carbonyl (C=O) groups excluding carboxylic acids is 1. The van der Waals surface area contributed by atoms with Crippen molar-refractivity contribution in [3.8, 4) is 5.75 Å². The summed E-state index contributed by atoms with van der Waals surface area (Å²) in [6.07, 6.45) is 7.19. The molecule has 1 aromatic carbocycles. The van der Waals surface area contributed by atoms with Gasteiger partial charge in [-0.15, -0.1) is 11.3 Å². The first-order chi connectivity index (χ1) is 14.2. The zero-order chi connectivity index (χ0) is 20.1. The van der Waals surface area contributed by atoms with E-state index in [0.717, 1.165) is 49.9 Å². The van der Waals surface area contributed by atoms with Crippen LogP contribution in [0.25, 0.3) is 0 Å². The highest BCUT2D eigenvalue weighted by molar-refractivity contribution is 7.13. The Kier molecular flexibility index (Phi) is 6.54. The van der Waals surface area contributed by atoms with Crippen LogP contribution < -0.4 is 19.9 Å². The molecule has 2 heterocycles. The number of ether oxygens (including phenoxy) is 1. The summed E-state index contributed by atoms with van der Waals surface area (Å²) >= 11 is 1.57. The van der Waals surface area contributed by atoms with Crippen LogP contribution in [-0.2, 0) is 0 Å². The zero-order valence-electron chi connectivity index (χ0n) is 17.1. The first-order valence-electron chi connectivity index (χ1n) is 10.6. The Bertz CT molecular complexity index is 791. The van der Waals surface area contributed by atoms with Crippen molar-refractivity contribution in [2.45, 2.75) is 44.6 Å². The van der Waals surface area contributed by atoms with E-state index < -0.39 is 0 Å². The van der Waals surface area contributed by atoms with E-state index in [1.165, 1.54) is 31.4 Å². The van der Waals surface area contributed by atoms with Crippen molar-refractivity contribution in [2.75, 3.05) is 43.1 Å². The summed E-state index contributed by atoms with van der Waals surface area (Å²) < 4.78 is 5.24. The largest absolute Gasteiger partial charge is 0.497 e. The molecular weight excluding hydrogens is 384 g/mol. The SMILES string of the molecule is COc1ccc(N2CCN(c3nc(C(=O)NC4CCCCCC4)cs3)CC2)cc1. The summed E-state index contributed by atoms with van der Waals surface area (Å²) in [6, 6.07) is 8.52. The Balaban J connectivity index is 1.31. The van der Waals surface area contributed by atoms with E-state index >= 15 is 0 Å². The van der Waals surface area contributed by atoms with Gasteiger partial charge >= 0.3 is 0 Å². The summed E-state index contributed by atoms with van der Waals surface area (Å²) in [5, 5.41) is 6.05. The second-order valence-corrected chi connectivity index (χ2v) is 8.69. The summed E-state index contributed by atoms with van der Waals surface area (Å²) in [6.45, 7) is 3.69. The lowest BCUT2D eigenvalue weighted by Gasteiger charge is -2.36. The average Bonchev–Trinajstić information content (AvgIpc) is 3.13. The number of methoxy groups -OCH3 is 1. The first kappa shape index (κ1) is 20.0. The molecule has 2 aliphatic rings. The maximum absolute atomic E-state index is 12.6. The van der Waals surface area contributed by atoms with Crippen molar-refractivity contribution in [2.24, 2.45) is 0 Å². The van der Waals surface area contributed by atoms with Crippen molar-refractivity contribution in [1.82, 2.24) is 10.3 Å². The van der Waals surface area contributed by atoms with Gasteiger partial charge in [0.2, 0.25) is 0 Å². The molecule has 1 saturated carbocycles. The molecule has 0 bridgehead atoms. The topological polar surface area (TPSA) is 57.7 Å². The number of hydrogen-bond acceptors (Lipinski definition) is 6.